The van der Waals surface area contributed by atoms with E-state index in [1.165, 1.54) is 16.9 Å². The summed E-state index contributed by atoms with van der Waals surface area (Å²) in [6.07, 6.45) is 0.990. The first-order chi connectivity index (χ1) is 9.17. The van der Waals surface area contributed by atoms with Crippen LogP contribution in [0.2, 0.25) is 0 Å². The molecule has 2 aromatic rings. The number of hydrogen-bond acceptors (Lipinski definition) is 4. The van der Waals surface area contributed by atoms with E-state index in [4.69, 9.17) is 10.5 Å². The lowest BCUT2D eigenvalue weighted by Crippen LogP contribution is -2.05. The second kappa shape index (κ2) is 5.89. The maximum atomic E-state index is 11.9. The van der Waals surface area contributed by atoms with Crippen molar-refractivity contribution >= 4 is 22.3 Å². The molecule has 0 aliphatic heterocycles. The molecule has 100 valence electrons. The predicted molar refractivity (Wildman–Crippen MR) is 79.5 cm³/mol. The van der Waals surface area contributed by atoms with Crippen molar-refractivity contribution < 1.29 is 9.53 Å². The van der Waals surface area contributed by atoms with Gasteiger partial charge in [0.25, 0.3) is 0 Å². The second-order valence-electron chi connectivity index (χ2n) is 4.16. The molecule has 0 aliphatic rings. The molecule has 0 aliphatic carbocycles. The SMILES string of the molecule is CCOC(=O)c1csc(N)c1-c1ccc(CC)cc1. The maximum Gasteiger partial charge on any atom is 0.339 e. The molecular weight excluding hydrogens is 258 g/mol. The topological polar surface area (TPSA) is 52.3 Å². The van der Waals surface area contributed by atoms with Gasteiger partial charge < -0.3 is 10.5 Å². The summed E-state index contributed by atoms with van der Waals surface area (Å²) in [5.74, 6) is -0.315. The largest absolute Gasteiger partial charge is 0.462 e. The lowest BCUT2D eigenvalue weighted by Gasteiger charge is -2.06. The Hall–Kier alpha value is -1.81. The Kier molecular flexibility index (Phi) is 4.22. The third-order valence-corrected chi connectivity index (χ3v) is 3.78. The van der Waals surface area contributed by atoms with Crippen molar-refractivity contribution in [1.82, 2.24) is 0 Å². The number of nitrogen functional groups attached to an aromatic ring is 1. The molecule has 2 N–H and O–H groups in total. The number of rotatable bonds is 4. The molecule has 3 nitrogen and oxygen atoms in total. The Morgan fingerprint density at radius 1 is 1.26 bits per heavy atom. The van der Waals surface area contributed by atoms with E-state index in [1.807, 2.05) is 12.1 Å². The summed E-state index contributed by atoms with van der Waals surface area (Å²) < 4.78 is 5.06. The van der Waals surface area contributed by atoms with Gasteiger partial charge in [-0.2, -0.15) is 0 Å². The normalized spacial score (nSPS) is 10.4. The number of carbonyl (C=O) groups excluding carboxylic acids is 1. The van der Waals surface area contributed by atoms with E-state index in [0.717, 1.165) is 17.5 Å². The third-order valence-electron chi connectivity index (χ3n) is 2.97. The molecule has 0 bridgehead atoms. The maximum absolute atomic E-state index is 11.9. The highest BCUT2D eigenvalue weighted by Crippen LogP contribution is 2.35. The van der Waals surface area contributed by atoms with Gasteiger partial charge in [0, 0.05) is 10.9 Å². The number of aryl methyl sites for hydroxylation is 1. The minimum atomic E-state index is -0.315. The smallest absolute Gasteiger partial charge is 0.339 e. The Balaban J connectivity index is 2.42. The predicted octanol–water partition coefficient (Wildman–Crippen LogP) is 3.74. The first kappa shape index (κ1) is 13.6. The molecule has 0 radical (unpaired) electrons. The van der Waals surface area contributed by atoms with E-state index >= 15 is 0 Å². The number of carbonyl (C=O) groups is 1. The van der Waals surface area contributed by atoms with Crippen LogP contribution in [0.5, 0.6) is 0 Å². The number of esters is 1. The molecule has 1 aromatic heterocycles. The molecule has 1 aromatic carbocycles. The van der Waals surface area contributed by atoms with E-state index in [9.17, 15) is 4.79 Å². The van der Waals surface area contributed by atoms with Crippen LogP contribution in [0.25, 0.3) is 11.1 Å². The zero-order chi connectivity index (χ0) is 13.8. The fraction of sp³-hybridized carbons (Fsp3) is 0.267. The molecule has 0 fully saturated rings. The fourth-order valence-corrected chi connectivity index (χ4v) is 2.74. The number of thiophene rings is 1. The molecule has 0 spiro atoms. The Bertz CT molecular complexity index is 572. The standard InChI is InChI=1S/C15H17NO2S/c1-3-10-5-7-11(8-6-10)13-12(9-19-14(13)16)15(17)18-4-2/h5-9H,3-4,16H2,1-2H3. The molecule has 4 heteroatoms. The van der Waals surface area contributed by atoms with Gasteiger partial charge in [-0.15, -0.1) is 11.3 Å². The van der Waals surface area contributed by atoms with Gasteiger partial charge in [0.1, 0.15) is 0 Å². The molecule has 0 saturated heterocycles. The molecule has 19 heavy (non-hydrogen) atoms. The zero-order valence-electron chi connectivity index (χ0n) is 11.1. The van der Waals surface area contributed by atoms with Crippen molar-refractivity contribution in [3.63, 3.8) is 0 Å². The van der Waals surface area contributed by atoms with Crippen LogP contribution >= 0.6 is 11.3 Å². The van der Waals surface area contributed by atoms with Crippen molar-refractivity contribution in [3.05, 3.63) is 40.8 Å². The van der Waals surface area contributed by atoms with Crippen LogP contribution in [-0.4, -0.2) is 12.6 Å². The molecule has 0 unspecified atom stereocenters. The van der Waals surface area contributed by atoms with Gasteiger partial charge in [-0.1, -0.05) is 31.2 Å². The quantitative estimate of drug-likeness (QED) is 0.865. The van der Waals surface area contributed by atoms with Gasteiger partial charge in [-0.25, -0.2) is 4.79 Å². The summed E-state index contributed by atoms with van der Waals surface area (Å²) in [6.45, 7) is 4.27. The minimum Gasteiger partial charge on any atom is -0.462 e. The van der Waals surface area contributed by atoms with Crippen LogP contribution in [0.1, 0.15) is 29.8 Å². The number of hydrogen-bond donors (Lipinski definition) is 1. The summed E-state index contributed by atoms with van der Waals surface area (Å²) in [4.78, 5) is 11.9. The van der Waals surface area contributed by atoms with Crippen molar-refractivity contribution in [2.24, 2.45) is 0 Å². The van der Waals surface area contributed by atoms with Gasteiger partial charge in [-0.05, 0) is 24.5 Å². The molecule has 0 atom stereocenters. The highest BCUT2D eigenvalue weighted by atomic mass is 32.1. The van der Waals surface area contributed by atoms with Crippen LogP contribution in [0.3, 0.4) is 0 Å². The third kappa shape index (κ3) is 2.79. The summed E-state index contributed by atoms with van der Waals surface area (Å²) in [7, 11) is 0. The van der Waals surface area contributed by atoms with E-state index < -0.39 is 0 Å². The molecule has 2 rings (SSSR count). The van der Waals surface area contributed by atoms with E-state index in [2.05, 4.69) is 19.1 Å². The number of ether oxygens (including phenoxy) is 1. The first-order valence-electron chi connectivity index (χ1n) is 6.30. The summed E-state index contributed by atoms with van der Waals surface area (Å²) in [5.41, 5.74) is 9.54. The monoisotopic (exact) mass is 275 g/mol. The first-order valence-corrected chi connectivity index (χ1v) is 7.18. The van der Waals surface area contributed by atoms with Crippen molar-refractivity contribution in [3.8, 4) is 11.1 Å². The summed E-state index contributed by atoms with van der Waals surface area (Å²) in [6, 6.07) is 8.11. The van der Waals surface area contributed by atoms with Crippen LogP contribution in [-0.2, 0) is 11.2 Å². The van der Waals surface area contributed by atoms with Gasteiger partial charge in [0.15, 0.2) is 0 Å². The van der Waals surface area contributed by atoms with E-state index in [0.29, 0.717) is 17.2 Å². The highest BCUT2D eigenvalue weighted by Gasteiger charge is 2.18. The van der Waals surface area contributed by atoms with Gasteiger partial charge in [0.05, 0.1) is 17.2 Å². The van der Waals surface area contributed by atoms with Crippen LogP contribution in [0.15, 0.2) is 29.6 Å². The van der Waals surface area contributed by atoms with Crippen LogP contribution < -0.4 is 5.73 Å². The fourth-order valence-electron chi connectivity index (χ4n) is 1.94. The van der Waals surface area contributed by atoms with E-state index in [1.54, 1.807) is 12.3 Å². The van der Waals surface area contributed by atoms with Crippen molar-refractivity contribution in [2.45, 2.75) is 20.3 Å². The summed E-state index contributed by atoms with van der Waals surface area (Å²) in [5, 5.41) is 2.41. The van der Waals surface area contributed by atoms with Gasteiger partial charge in [0.2, 0.25) is 0 Å². The van der Waals surface area contributed by atoms with Crippen molar-refractivity contribution in [1.29, 1.82) is 0 Å². The lowest BCUT2D eigenvalue weighted by atomic mass is 10.0. The highest BCUT2D eigenvalue weighted by molar-refractivity contribution is 7.15. The Labute approximate surface area is 117 Å². The summed E-state index contributed by atoms with van der Waals surface area (Å²) >= 11 is 1.37. The lowest BCUT2D eigenvalue weighted by molar-refractivity contribution is 0.0528. The minimum absolute atomic E-state index is 0.315. The average molecular weight is 275 g/mol. The van der Waals surface area contributed by atoms with E-state index in [-0.39, 0.29) is 5.97 Å². The molecule has 0 amide bonds. The number of nitrogens with two attached hydrogens (primary N) is 1. The van der Waals surface area contributed by atoms with Crippen LogP contribution in [0.4, 0.5) is 5.00 Å². The van der Waals surface area contributed by atoms with Crippen LogP contribution in [0, 0.1) is 0 Å². The van der Waals surface area contributed by atoms with Gasteiger partial charge >= 0.3 is 5.97 Å². The Morgan fingerprint density at radius 3 is 2.53 bits per heavy atom. The molecule has 0 saturated carbocycles. The Morgan fingerprint density at radius 2 is 1.95 bits per heavy atom. The zero-order valence-corrected chi connectivity index (χ0v) is 11.9. The molecular formula is C15H17NO2S. The average Bonchev–Trinajstić information content (AvgIpc) is 2.81. The number of anilines is 1. The molecule has 1 heterocycles. The van der Waals surface area contributed by atoms with Gasteiger partial charge in [-0.3, -0.25) is 0 Å². The number of benzene rings is 1. The van der Waals surface area contributed by atoms with Crippen molar-refractivity contribution in [2.75, 3.05) is 12.3 Å². The second-order valence-corrected chi connectivity index (χ2v) is 5.07.